The van der Waals surface area contributed by atoms with Gasteiger partial charge < -0.3 is 19.5 Å². The molecule has 262 valence electrons. The quantitative estimate of drug-likeness (QED) is 0.156. The van der Waals surface area contributed by atoms with Crippen molar-refractivity contribution in [2.45, 2.75) is 88.9 Å². The van der Waals surface area contributed by atoms with Crippen LogP contribution in [0.3, 0.4) is 0 Å². The molecule has 0 spiro atoms. The zero-order valence-corrected chi connectivity index (χ0v) is 30.9. The molecule has 2 unspecified atom stereocenters. The lowest BCUT2D eigenvalue weighted by atomic mass is 9.77. The molecule has 3 aromatic heterocycles. The number of thiophene rings is 1. The standard InChI is InChI=1S/C19H25BClN3O3.C17H16ClN3OS/c1-17(2)18(3,4)27-20(26-17)14-7-8-15(16(21)9-14)19(25,13-5-6-13)10-24-12-22-11-23-24;18-15-8-12(16-2-1-7-23-16)3-6-14(15)17(22,13-4-5-13)9-21-11-19-10-20-21/h7-9,11-13,25H,5-6,10H2,1-4H3;1-3,6-8,10-11,13,22H,4-5,9H2. The van der Waals surface area contributed by atoms with E-state index in [1.807, 2.05) is 75.5 Å². The van der Waals surface area contributed by atoms with Crippen molar-refractivity contribution in [1.82, 2.24) is 29.5 Å². The molecule has 2 aromatic carbocycles. The maximum atomic E-state index is 11.5. The minimum atomic E-state index is -1.07. The molecule has 2 aliphatic carbocycles. The van der Waals surface area contributed by atoms with Gasteiger partial charge in [-0.15, -0.1) is 11.3 Å². The van der Waals surface area contributed by atoms with Gasteiger partial charge in [-0.1, -0.05) is 53.5 Å². The molecule has 4 heterocycles. The van der Waals surface area contributed by atoms with E-state index in [9.17, 15) is 10.2 Å². The molecule has 0 bridgehead atoms. The van der Waals surface area contributed by atoms with Crippen LogP contribution < -0.4 is 5.46 Å². The average Bonchev–Trinajstić information content (AvgIpc) is 3.90. The number of hydrogen-bond donors (Lipinski definition) is 2. The van der Waals surface area contributed by atoms with Crippen molar-refractivity contribution < 1.29 is 19.5 Å². The fraction of sp³-hybridized carbons (Fsp3) is 0.444. The highest BCUT2D eigenvalue weighted by Gasteiger charge is 2.52. The first-order valence-electron chi connectivity index (χ1n) is 16.9. The summed E-state index contributed by atoms with van der Waals surface area (Å²) in [6.45, 7) is 8.78. The van der Waals surface area contributed by atoms with Crippen molar-refractivity contribution >= 4 is 47.1 Å². The van der Waals surface area contributed by atoms with Crippen LogP contribution in [0.1, 0.15) is 64.5 Å². The first-order chi connectivity index (χ1) is 23.8. The smallest absolute Gasteiger partial charge is 0.399 e. The minimum absolute atomic E-state index is 0.168. The highest BCUT2D eigenvalue weighted by atomic mass is 35.5. The van der Waals surface area contributed by atoms with Gasteiger partial charge in [0.05, 0.1) is 24.3 Å². The summed E-state index contributed by atoms with van der Waals surface area (Å²) in [4.78, 5) is 9.10. The fourth-order valence-electron chi connectivity index (χ4n) is 6.58. The summed E-state index contributed by atoms with van der Waals surface area (Å²) in [5.74, 6) is 0.388. The van der Waals surface area contributed by atoms with Gasteiger partial charge in [0.1, 0.15) is 36.5 Å². The molecule has 1 aliphatic heterocycles. The van der Waals surface area contributed by atoms with E-state index in [1.165, 1.54) is 17.5 Å². The molecule has 8 rings (SSSR count). The summed E-state index contributed by atoms with van der Waals surface area (Å²) < 4.78 is 15.5. The SMILES string of the molecule is CC1(C)OB(c2ccc(C(O)(Cn3cncn3)C3CC3)c(Cl)c2)OC1(C)C.OC(Cn1cncn1)(c1ccc(-c2cccs2)cc1Cl)C1CC1. The Kier molecular flexibility index (Phi) is 9.51. The van der Waals surface area contributed by atoms with E-state index < -0.39 is 29.5 Å². The number of halogens is 2. The van der Waals surface area contributed by atoms with Crippen molar-refractivity contribution in [3.05, 3.63) is 100 Å². The first-order valence-corrected chi connectivity index (χ1v) is 18.5. The normalized spacial score (nSPS) is 20.5. The highest BCUT2D eigenvalue weighted by molar-refractivity contribution is 7.13. The monoisotopic (exact) mass is 734 g/mol. The Balaban J connectivity index is 0.000000159. The fourth-order valence-corrected chi connectivity index (χ4v) is 8.00. The zero-order valence-electron chi connectivity index (χ0n) is 28.5. The zero-order chi connectivity index (χ0) is 35.3. The van der Waals surface area contributed by atoms with Crippen LogP contribution in [0.15, 0.2) is 79.2 Å². The van der Waals surface area contributed by atoms with Gasteiger partial charge in [0.15, 0.2) is 0 Å². The van der Waals surface area contributed by atoms with Crippen LogP contribution in [-0.4, -0.2) is 58.1 Å². The van der Waals surface area contributed by atoms with Crippen molar-refractivity contribution in [2.24, 2.45) is 11.8 Å². The summed E-state index contributed by atoms with van der Waals surface area (Å²) in [5, 5.41) is 34.2. The first kappa shape index (κ1) is 35.3. The molecule has 3 fully saturated rings. The number of rotatable bonds is 10. The van der Waals surface area contributed by atoms with Crippen LogP contribution in [0, 0.1) is 11.8 Å². The van der Waals surface area contributed by atoms with Crippen molar-refractivity contribution in [3.8, 4) is 10.4 Å². The van der Waals surface area contributed by atoms with Crippen LogP contribution in [0.25, 0.3) is 10.4 Å². The lowest BCUT2D eigenvalue weighted by Gasteiger charge is -2.32. The minimum Gasteiger partial charge on any atom is -0.399 e. The molecular weight excluding hydrogens is 694 g/mol. The Bertz CT molecular complexity index is 1900. The molecule has 2 atom stereocenters. The second-order valence-corrected chi connectivity index (χ2v) is 16.3. The molecule has 5 aromatic rings. The molecule has 10 nitrogen and oxygen atoms in total. The summed E-state index contributed by atoms with van der Waals surface area (Å²) in [6.07, 6.45) is 10.1. The van der Waals surface area contributed by atoms with Gasteiger partial charge >= 0.3 is 7.12 Å². The van der Waals surface area contributed by atoms with Crippen LogP contribution in [0.5, 0.6) is 0 Å². The van der Waals surface area contributed by atoms with E-state index in [1.54, 1.807) is 33.4 Å². The number of hydrogen-bond acceptors (Lipinski definition) is 9. The van der Waals surface area contributed by atoms with Gasteiger partial charge in [0, 0.05) is 26.0 Å². The van der Waals surface area contributed by atoms with Gasteiger partial charge in [-0.2, -0.15) is 10.2 Å². The number of aromatic nitrogens is 6. The van der Waals surface area contributed by atoms with Crippen LogP contribution in [0.2, 0.25) is 10.0 Å². The Morgan fingerprint density at radius 3 is 1.74 bits per heavy atom. The summed E-state index contributed by atoms with van der Waals surface area (Å²) in [7, 11) is -0.481. The predicted molar refractivity (Wildman–Crippen MR) is 195 cm³/mol. The molecule has 0 amide bonds. The number of aliphatic hydroxyl groups is 2. The van der Waals surface area contributed by atoms with E-state index in [0.717, 1.165) is 42.3 Å². The third kappa shape index (κ3) is 7.04. The maximum Gasteiger partial charge on any atom is 0.494 e. The molecule has 2 N–H and O–H groups in total. The molecule has 50 heavy (non-hydrogen) atoms. The molecule has 1 saturated heterocycles. The van der Waals surface area contributed by atoms with Crippen molar-refractivity contribution in [1.29, 1.82) is 0 Å². The second-order valence-electron chi connectivity index (χ2n) is 14.6. The Labute approximate surface area is 306 Å². The average molecular weight is 736 g/mol. The van der Waals surface area contributed by atoms with Crippen molar-refractivity contribution in [2.75, 3.05) is 0 Å². The third-order valence-corrected chi connectivity index (χ3v) is 12.0. The summed E-state index contributed by atoms with van der Waals surface area (Å²) in [6, 6.07) is 15.7. The van der Waals surface area contributed by atoms with Gasteiger partial charge in [0.25, 0.3) is 0 Å². The topological polar surface area (TPSA) is 120 Å². The van der Waals surface area contributed by atoms with Gasteiger partial charge in [-0.3, -0.25) is 0 Å². The predicted octanol–water partition coefficient (Wildman–Crippen LogP) is 6.49. The summed E-state index contributed by atoms with van der Waals surface area (Å²) >= 11 is 14.8. The number of nitrogens with zero attached hydrogens (tertiary/aromatic N) is 6. The molecule has 0 radical (unpaired) electrons. The molecule has 3 aliphatic rings. The second kappa shape index (κ2) is 13.5. The Morgan fingerprint density at radius 2 is 1.32 bits per heavy atom. The molecular formula is C36H41BCl2N6O4S. The Morgan fingerprint density at radius 1 is 0.800 bits per heavy atom. The van der Waals surface area contributed by atoms with Crippen LogP contribution in [-0.2, 0) is 33.6 Å². The lowest BCUT2D eigenvalue weighted by molar-refractivity contribution is -0.00795. The van der Waals surface area contributed by atoms with E-state index >= 15 is 0 Å². The van der Waals surface area contributed by atoms with E-state index in [0.29, 0.717) is 28.7 Å². The van der Waals surface area contributed by atoms with Gasteiger partial charge in [0.2, 0.25) is 0 Å². The van der Waals surface area contributed by atoms with E-state index in [-0.39, 0.29) is 11.8 Å². The maximum absolute atomic E-state index is 11.5. The van der Waals surface area contributed by atoms with E-state index in [2.05, 4.69) is 26.2 Å². The van der Waals surface area contributed by atoms with Gasteiger partial charge in [-0.25, -0.2) is 19.3 Å². The van der Waals surface area contributed by atoms with Gasteiger partial charge in [-0.05, 0) is 99.8 Å². The Hall–Kier alpha value is -3.10. The van der Waals surface area contributed by atoms with Crippen molar-refractivity contribution in [3.63, 3.8) is 0 Å². The third-order valence-electron chi connectivity index (χ3n) is 10.5. The molecule has 2 saturated carbocycles. The summed E-state index contributed by atoms with van der Waals surface area (Å²) in [5.41, 5.74) is 0.515. The largest absolute Gasteiger partial charge is 0.494 e. The molecule has 14 heteroatoms. The van der Waals surface area contributed by atoms with Crippen LogP contribution in [0.4, 0.5) is 0 Å². The lowest BCUT2D eigenvalue weighted by Crippen LogP contribution is -2.41. The number of benzene rings is 2. The van der Waals surface area contributed by atoms with E-state index in [4.69, 9.17) is 32.5 Å². The van der Waals surface area contributed by atoms with Crippen LogP contribution >= 0.6 is 34.5 Å². The highest BCUT2D eigenvalue weighted by Crippen LogP contribution is 2.50.